The maximum atomic E-state index is 10.9. The number of anilines is 1. The number of carboxylic acid groups (broad SMARTS) is 1. The minimum atomic E-state index is -1.08. The van der Waals surface area contributed by atoms with Crippen LogP contribution in [-0.4, -0.2) is 22.3 Å². The molecule has 5 nitrogen and oxygen atoms in total. The van der Waals surface area contributed by atoms with Crippen LogP contribution in [-0.2, 0) is 0 Å². The van der Waals surface area contributed by atoms with Gasteiger partial charge in [0.2, 0.25) is 0 Å². The number of rotatable bonds is 4. The second-order valence-electron chi connectivity index (χ2n) is 3.62. The second kappa shape index (κ2) is 5.97. The monoisotopic (exact) mass is 275 g/mol. The van der Waals surface area contributed by atoms with E-state index in [4.69, 9.17) is 16.7 Å². The number of hydrazone groups is 1. The molecular formula is C13H10ClN3O2. The van der Waals surface area contributed by atoms with Crippen LogP contribution in [0.15, 0.2) is 47.7 Å². The van der Waals surface area contributed by atoms with Gasteiger partial charge in [0.1, 0.15) is 0 Å². The summed E-state index contributed by atoms with van der Waals surface area (Å²) in [5.41, 5.74) is 3.98. The van der Waals surface area contributed by atoms with Gasteiger partial charge in [-0.1, -0.05) is 17.7 Å². The summed E-state index contributed by atoms with van der Waals surface area (Å²) in [5, 5.41) is 13.1. The van der Waals surface area contributed by atoms with E-state index in [1.54, 1.807) is 18.3 Å². The highest BCUT2D eigenvalue weighted by Crippen LogP contribution is 2.20. The molecule has 0 fully saturated rings. The van der Waals surface area contributed by atoms with Gasteiger partial charge >= 0.3 is 5.97 Å². The van der Waals surface area contributed by atoms with E-state index in [0.29, 0.717) is 11.4 Å². The van der Waals surface area contributed by atoms with Crippen molar-refractivity contribution in [3.63, 3.8) is 0 Å². The number of pyridine rings is 1. The van der Waals surface area contributed by atoms with E-state index in [9.17, 15) is 4.79 Å². The van der Waals surface area contributed by atoms with Crippen molar-refractivity contribution in [2.24, 2.45) is 5.10 Å². The number of aromatic carboxylic acids is 1. The van der Waals surface area contributed by atoms with Crippen molar-refractivity contribution in [1.82, 2.24) is 4.98 Å². The lowest BCUT2D eigenvalue weighted by Gasteiger charge is -2.03. The van der Waals surface area contributed by atoms with Crippen molar-refractivity contribution in [3.05, 3.63) is 58.9 Å². The Morgan fingerprint density at radius 3 is 2.89 bits per heavy atom. The van der Waals surface area contributed by atoms with Gasteiger partial charge in [-0.05, 0) is 30.3 Å². The summed E-state index contributed by atoms with van der Waals surface area (Å²) in [5.74, 6) is -1.08. The third-order valence-corrected chi connectivity index (χ3v) is 2.60. The Bertz CT molecular complexity index is 615. The molecule has 96 valence electrons. The molecule has 0 saturated heterocycles. The molecule has 0 aliphatic carbocycles. The highest BCUT2D eigenvalue weighted by atomic mass is 35.5. The molecule has 19 heavy (non-hydrogen) atoms. The summed E-state index contributed by atoms with van der Waals surface area (Å²) in [6.07, 6.45) is 3.20. The Balaban J connectivity index is 2.10. The number of nitrogens with zero attached hydrogens (tertiary/aromatic N) is 2. The van der Waals surface area contributed by atoms with Crippen LogP contribution >= 0.6 is 11.6 Å². The largest absolute Gasteiger partial charge is 0.478 e. The lowest BCUT2D eigenvalue weighted by molar-refractivity contribution is 0.0697. The molecule has 0 unspecified atom stereocenters. The second-order valence-corrected chi connectivity index (χ2v) is 4.03. The number of hydrogen-bond donors (Lipinski definition) is 2. The van der Waals surface area contributed by atoms with Crippen LogP contribution < -0.4 is 5.43 Å². The molecule has 0 bridgehead atoms. The zero-order valence-electron chi connectivity index (χ0n) is 9.75. The lowest BCUT2D eigenvalue weighted by atomic mass is 10.2. The van der Waals surface area contributed by atoms with Crippen LogP contribution in [0.3, 0.4) is 0 Å². The average Bonchev–Trinajstić information content (AvgIpc) is 2.41. The van der Waals surface area contributed by atoms with Crippen molar-refractivity contribution < 1.29 is 9.90 Å². The molecule has 1 aromatic carbocycles. The van der Waals surface area contributed by atoms with E-state index in [-0.39, 0.29) is 10.6 Å². The molecule has 1 aromatic heterocycles. The van der Waals surface area contributed by atoms with Gasteiger partial charge in [-0.3, -0.25) is 10.4 Å². The van der Waals surface area contributed by atoms with Gasteiger partial charge in [0, 0.05) is 6.20 Å². The van der Waals surface area contributed by atoms with Crippen molar-refractivity contribution in [1.29, 1.82) is 0 Å². The number of benzene rings is 1. The highest BCUT2D eigenvalue weighted by molar-refractivity contribution is 6.33. The molecule has 0 spiro atoms. The average molecular weight is 276 g/mol. The van der Waals surface area contributed by atoms with Gasteiger partial charge in [0.15, 0.2) is 0 Å². The number of carboxylic acids is 1. The van der Waals surface area contributed by atoms with Gasteiger partial charge in [-0.15, -0.1) is 0 Å². The van der Waals surface area contributed by atoms with Crippen molar-refractivity contribution in [3.8, 4) is 0 Å². The van der Waals surface area contributed by atoms with E-state index in [2.05, 4.69) is 15.5 Å². The van der Waals surface area contributed by atoms with Gasteiger partial charge in [-0.2, -0.15) is 5.10 Å². The first kappa shape index (κ1) is 13.0. The fraction of sp³-hybridized carbons (Fsp3) is 0. The highest BCUT2D eigenvalue weighted by Gasteiger charge is 2.08. The van der Waals surface area contributed by atoms with E-state index in [1.165, 1.54) is 18.3 Å². The first-order valence-electron chi connectivity index (χ1n) is 5.40. The molecule has 0 saturated carbocycles. The fourth-order valence-corrected chi connectivity index (χ4v) is 1.58. The number of aromatic nitrogens is 1. The molecule has 2 rings (SSSR count). The van der Waals surface area contributed by atoms with Crippen molar-refractivity contribution in [2.45, 2.75) is 0 Å². The Morgan fingerprint density at radius 2 is 2.21 bits per heavy atom. The zero-order chi connectivity index (χ0) is 13.7. The van der Waals surface area contributed by atoms with E-state index in [0.717, 1.165) is 0 Å². The zero-order valence-corrected chi connectivity index (χ0v) is 10.5. The number of carbonyl (C=O) groups is 1. The van der Waals surface area contributed by atoms with Crippen LogP contribution in [0.4, 0.5) is 5.69 Å². The van der Waals surface area contributed by atoms with Gasteiger partial charge in [0.05, 0.1) is 28.2 Å². The standard InChI is InChI=1S/C13H10ClN3O2/c14-12-5-4-9(7-11(12)13(18)19)17-16-8-10-3-1-2-6-15-10/h1-8,17H,(H,18,19)/b16-8-. The number of halogens is 1. The van der Waals surface area contributed by atoms with E-state index >= 15 is 0 Å². The smallest absolute Gasteiger partial charge is 0.337 e. The van der Waals surface area contributed by atoms with Gasteiger partial charge < -0.3 is 5.11 Å². The van der Waals surface area contributed by atoms with Gasteiger partial charge in [-0.25, -0.2) is 4.79 Å². The summed E-state index contributed by atoms with van der Waals surface area (Å²) in [7, 11) is 0. The summed E-state index contributed by atoms with van der Waals surface area (Å²) in [4.78, 5) is 15.0. The molecule has 0 amide bonds. The molecular weight excluding hydrogens is 266 g/mol. The number of hydrogen-bond acceptors (Lipinski definition) is 4. The summed E-state index contributed by atoms with van der Waals surface area (Å²) in [6, 6.07) is 10.0. The molecule has 0 atom stereocenters. The van der Waals surface area contributed by atoms with Crippen LogP contribution in [0, 0.1) is 0 Å². The molecule has 1 heterocycles. The molecule has 2 N–H and O–H groups in total. The molecule has 6 heteroatoms. The molecule has 2 aromatic rings. The van der Waals surface area contributed by atoms with Gasteiger partial charge in [0.25, 0.3) is 0 Å². The Kier molecular flexibility index (Phi) is 4.10. The van der Waals surface area contributed by atoms with Crippen LogP contribution in [0.1, 0.15) is 16.1 Å². The predicted molar refractivity (Wildman–Crippen MR) is 73.9 cm³/mol. The topological polar surface area (TPSA) is 74.6 Å². The van der Waals surface area contributed by atoms with Crippen LogP contribution in [0.2, 0.25) is 5.02 Å². The third-order valence-electron chi connectivity index (χ3n) is 2.28. The predicted octanol–water partition coefficient (Wildman–Crippen LogP) is 2.88. The summed E-state index contributed by atoms with van der Waals surface area (Å²) in [6.45, 7) is 0. The number of nitrogens with one attached hydrogen (secondary N) is 1. The van der Waals surface area contributed by atoms with Crippen molar-refractivity contribution >= 4 is 29.5 Å². The minimum Gasteiger partial charge on any atom is -0.478 e. The third kappa shape index (κ3) is 3.53. The molecule has 0 radical (unpaired) electrons. The molecule has 0 aliphatic rings. The summed E-state index contributed by atoms with van der Waals surface area (Å²) < 4.78 is 0. The maximum absolute atomic E-state index is 10.9. The normalized spacial score (nSPS) is 10.6. The first-order chi connectivity index (χ1) is 9.16. The van der Waals surface area contributed by atoms with Crippen molar-refractivity contribution in [2.75, 3.05) is 5.43 Å². The maximum Gasteiger partial charge on any atom is 0.337 e. The first-order valence-corrected chi connectivity index (χ1v) is 5.77. The summed E-state index contributed by atoms with van der Waals surface area (Å²) >= 11 is 5.76. The Labute approximate surface area is 114 Å². The van der Waals surface area contributed by atoms with E-state index < -0.39 is 5.97 Å². The SMILES string of the molecule is O=C(O)c1cc(N/N=C\c2ccccn2)ccc1Cl. The quantitative estimate of drug-likeness (QED) is 0.665. The Morgan fingerprint density at radius 1 is 1.37 bits per heavy atom. The lowest BCUT2D eigenvalue weighted by Crippen LogP contribution is -1.99. The Hall–Kier alpha value is -2.40. The fourth-order valence-electron chi connectivity index (χ4n) is 1.38. The van der Waals surface area contributed by atoms with E-state index in [1.807, 2.05) is 12.1 Å². The van der Waals surface area contributed by atoms with Crippen LogP contribution in [0.25, 0.3) is 0 Å². The molecule has 0 aliphatic heterocycles. The van der Waals surface area contributed by atoms with Crippen LogP contribution in [0.5, 0.6) is 0 Å². The minimum absolute atomic E-state index is 0.0275.